The lowest BCUT2D eigenvalue weighted by Crippen LogP contribution is -2.28. The minimum Gasteiger partial charge on any atom is -0.507 e. The van der Waals surface area contributed by atoms with Crippen LogP contribution < -0.4 is 0 Å². The Balaban J connectivity index is 1.39. The lowest BCUT2D eigenvalue weighted by Gasteiger charge is -2.39. The first-order valence-electron chi connectivity index (χ1n) is 10.3. The third-order valence-electron chi connectivity index (χ3n) is 6.88. The Morgan fingerprint density at radius 2 is 1.62 bits per heavy atom. The van der Waals surface area contributed by atoms with E-state index in [0.717, 1.165) is 30.6 Å². The molecule has 0 unspecified atom stereocenters. The molecule has 138 valence electrons. The van der Waals surface area contributed by atoms with Gasteiger partial charge in [0.2, 0.25) is 11.6 Å². The van der Waals surface area contributed by atoms with Gasteiger partial charge in [0.15, 0.2) is 0 Å². The third kappa shape index (κ3) is 3.24. The Kier molecular flexibility index (Phi) is 4.97. The molecule has 4 rings (SSSR count). The Hall–Kier alpha value is -1.90. The maximum atomic E-state index is 12.4. The van der Waals surface area contributed by atoms with Gasteiger partial charge in [-0.3, -0.25) is 9.59 Å². The second kappa shape index (κ2) is 7.38. The van der Waals surface area contributed by atoms with E-state index in [2.05, 4.69) is 0 Å². The zero-order valence-electron chi connectivity index (χ0n) is 15.4. The van der Waals surface area contributed by atoms with E-state index in [4.69, 9.17) is 0 Å². The average molecular weight is 352 g/mol. The van der Waals surface area contributed by atoms with Crippen molar-refractivity contribution in [2.75, 3.05) is 0 Å². The number of fused-ring (bicyclic) bond motifs is 2. The van der Waals surface area contributed by atoms with Gasteiger partial charge in [-0.25, -0.2) is 0 Å². The van der Waals surface area contributed by atoms with Crippen LogP contribution in [0.15, 0.2) is 29.8 Å². The molecule has 0 aliphatic heterocycles. The molecule has 0 heterocycles. The van der Waals surface area contributed by atoms with Crippen molar-refractivity contribution >= 4 is 17.3 Å². The summed E-state index contributed by atoms with van der Waals surface area (Å²) in [4.78, 5) is 24.7. The highest BCUT2D eigenvalue weighted by molar-refractivity contribution is 6.52. The minimum absolute atomic E-state index is 0.0150. The molecule has 0 bridgehead atoms. The van der Waals surface area contributed by atoms with Crippen LogP contribution in [0.3, 0.4) is 0 Å². The zero-order chi connectivity index (χ0) is 18.1. The molecule has 3 aliphatic carbocycles. The summed E-state index contributed by atoms with van der Waals surface area (Å²) in [5, 5.41) is 10.5. The van der Waals surface area contributed by atoms with Crippen molar-refractivity contribution in [2.45, 2.75) is 64.2 Å². The van der Waals surface area contributed by atoms with E-state index in [1.807, 2.05) is 0 Å². The van der Waals surface area contributed by atoms with E-state index in [-0.39, 0.29) is 5.76 Å². The smallest absolute Gasteiger partial charge is 0.234 e. The Bertz CT molecular complexity index is 746. The van der Waals surface area contributed by atoms with Gasteiger partial charge in [-0.15, -0.1) is 0 Å². The first kappa shape index (κ1) is 17.5. The highest BCUT2D eigenvalue weighted by atomic mass is 16.3. The fourth-order valence-corrected chi connectivity index (χ4v) is 5.45. The van der Waals surface area contributed by atoms with Crippen molar-refractivity contribution in [3.05, 3.63) is 41.0 Å². The van der Waals surface area contributed by atoms with Crippen LogP contribution >= 0.6 is 0 Å². The van der Waals surface area contributed by atoms with Crippen LogP contribution in [0.5, 0.6) is 0 Å². The van der Waals surface area contributed by atoms with Gasteiger partial charge < -0.3 is 5.11 Å². The summed E-state index contributed by atoms with van der Waals surface area (Å²) in [7, 11) is 0. The van der Waals surface area contributed by atoms with Gasteiger partial charge in [0.05, 0.1) is 0 Å². The Labute approximate surface area is 155 Å². The van der Waals surface area contributed by atoms with Crippen molar-refractivity contribution in [3.8, 4) is 0 Å². The van der Waals surface area contributed by atoms with Crippen LogP contribution in [0, 0.1) is 17.8 Å². The van der Waals surface area contributed by atoms with Crippen molar-refractivity contribution in [2.24, 2.45) is 17.8 Å². The predicted octanol–water partition coefficient (Wildman–Crippen LogP) is 5.50. The highest BCUT2D eigenvalue weighted by Gasteiger charge is 2.34. The van der Waals surface area contributed by atoms with Crippen LogP contribution in [-0.2, 0) is 4.79 Å². The summed E-state index contributed by atoms with van der Waals surface area (Å²) in [5.74, 6) is 1.65. The highest BCUT2D eigenvalue weighted by Crippen LogP contribution is 2.44. The molecule has 0 radical (unpaired) electrons. The number of benzene rings is 1. The van der Waals surface area contributed by atoms with Crippen LogP contribution in [0.25, 0.3) is 5.76 Å². The van der Waals surface area contributed by atoms with Crippen molar-refractivity contribution < 1.29 is 14.7 Å². The monoisotopic (exact) mass is 352 g/mol. The molecule has 2 fully saturated rings. The Morgan fingerprint density at radius 1 is 0.885 bits per heavy atom. The molecule has 0 saturated heterocycles. The molecule has 1 aromatic carbocycles. The zero-order valence-corrected chi connectivity index (χ0v) is 15.4. The fraction of sp³-hybridized carbons (Fsp3) is 0.565. The molecule has 3 aliphatic rings. The van der Waals surface area contributed by atoms with E-state index in [1.165, 1.54) is 44.9 Å². The maximum Gasteiger partial charge on any atom is 0.234 e. The van der Waals surface area contributed by atoms with Crippen LogP contribution in [0.4, 0.5) is 0 Å². The van der Waals surface area contributed by atoms with E-state index in [1.54, 1.807) is 24.3 Å². The number of aliphatic hydroxyl groups is 1. The second-order valence-corrected chi connectivity index (χ2v) is 8.41. The molecular weight excluding hydrogens is 324 g/mol. The van der Waals surface area contributed by atoms with Crippen molar-refractivity contribution in [3.63, 3.8) is 0 Å². The number of Topliss-reactive ketones (excluding diaryl/α,β-unsaturated/α-hetero) is 2. The van der Waals surface area contributed by atoms with E-state index in [9.17, 15) is 14.7 Å². The number of allylic oxidation sites excluding steroid dienone is 1. The van der Waals surface area contributed by atoms with Gasteiger partial charge in [-0.05, 0) is 43.4 Å². The SMILES string of the molecule is O=C1C(=O)c2ccccc2C(O)=C1CCC[C@H]1CC[C@@H]2CCCC[C@@H]2C1. The molecule has 0 aromatic heterocycles. The minimum atomic E-state index is -0.516. The number of rotatable bonds is 4. The molecule has 0 spiro atoms. The summed E-state index contributed by atoms with van der Waals surface area (Å²) < 4.78 is 0. The summed E-state index contributed by atoms with van der Waals surface area (Å²) in [6.07, 6.45) is 12.1. The quantitative estimate of drug-likeness (QED) is 0.728. The molecule has 26 heavy (non-hydrogen) atoms. The second-order valence-electron chi connectivity index (χ2n) is 8.41. The standard InChI is InChI=1S/C23H28O3/c24-21-18-9-3-4-10-19(18)22(25)23(26)20(21)11-5-6-15-12-13-16-7-1-2-8-17(16)14-15/h3-4,9-10,15-17,24H,1-2,5-8,11-14H2/t15-,16-,17+/m0/s1. The van der Waals surface area contributed by atoms with Crippen LogP contribution in [-0.4, -0.2) is 16.7 Å². The van der Waals surface area contributed by atoms with E-state index >= 15 is 0 Å². The molecule has 1 aromatic rings. The molecule has 3 heteroatoms. The number of carbonyl (C=O) groups is 2. The molecule has 1 N–H and O–H groups in total. The Morgan fingerprint density at radius 3 is 2.42 bits per heavy atom. The number of hydrogen-bond acceptors (Lipinski definition) is 3. The summed E-state index contributed by atoms with van der Waals surface area (Å²) in [6, 6.07) is 6.85. The number of ketones is 2. The first-order chi connectivity index (χ1) is 12.6. The average Bonchev–Trinajstić information content (AvgIpc) is 2.69. The van der Waals surface area contributed by atoms with Gasteiger partial charge in [0.1, 0.15) is 5.76 Å². The lowest BCUT2D eigenvalue weighted by molar-refractivity contribution is -0.112. The summed E-state index contributed by atoms with van der Waals surface area (Å²) in [5.41, 5.74) is 1.16. The summed E-state index contributed by atoms with van der Waals surface area (Å²) in [6.45, 7) is 0. The maximum absolute atomic E-state index is 12.4. The number of hydrogen-bond donors (Lipinski definition) is 1. The topological polar surface area (TPSA) is 54.4 Å². The largest absolute Gasteiger partial charge is 0.507 e. The normalized spacial score (nSPS) is 28.7. The van der Waals surface area contributed by atoms with Gasteiger partial charge in [0, 0.05) is 16.7 Å². The van der Waals surface area contributed by atoms with E-state index in [0.29, 0.717) is 23.1 Å². The van der Waals surface area contributed by atoms with Gasteiger partial charge in [-0.1, -0.05) is 62.8 Å². The first-order valence-corrected chi connectivity index (χ1v) is 10.3. The number of carbonyl (C=O) groups excluding carboxylic acids is 2. The third-order valence-corrected chi connectivity index (χ3v) is 6.88. The summed E-state index contributed by atoms with van der Waals surface area (Å²) >= 11 is 0. The molecular formula is C23H28O3. The van der Waals surface area contributed by atoms with E-state index < -0.39 is 11.6 Å². The molecule has 2 saturated carbocycles. The van der Waals surface area contributed by atoms with Crippen molar-refractivity contribution in [1.82, 2.24) is 0 Å². The van der Waals surface area contributed by atoms with Crippen molar-refractivity contribution in [1.29, 1.82) is 0 Å². The van der Waals surface area contributed by atoms with Gasteiger partial charge in [-0.2, -0.15) is 0 Å². The molecule has 3 atom stereocenters. The fourth-order valence-electron chi connectivity index (χ4n) is 5.45. The van der Waals surface area contributed by atoms with Gasteiger partial charge in [0.25, 0.3) is 0 Å². The predicted molar refractivity (Wildman–Crippen MR) is 102 cm³/mol. The van der Waals surface area contributed by atoms with Gasteiger partial charge >= 0.3 is 0 Å². The van der Waals surface area contributed by atoms with Crippen LogP contribution in [0.2, 0.25) is 0 Å². The van der Waals surface area contributed by atoms with Crippen LogP contribution in [0.1, 0.15) is 80.1 Å². The molecule has 0 amide bonds. The molecule has 3 nitrogen and oxygen atoms in total. The lowest BCUT2D eigenvalue weighted by atomic mass is 9.66. The number of aliphatic hydroxyl groups excluding tert-OH is 1.